The molecule has 1 aromatic heterocycles. The maximum Gasteiger partial charge on any atom is 0.261 e. The van der Waals surface area contributed by atoms with Crippen LogP contribution in [0.1, 0.15) is 52.2 Å². The number of fused-ring (bicyclic) bond motifs is 1. The molecule has 0 atom stereocenters. The molecule has 1 amide bonds. The van der Waals surface area contributed by atoms with Crippen molar-refractivity contribution in [3.05, 3.63) is 63.1 Å². The SMILES string of the molecule is CC1(C)CC(=O)c2cc(C(=O)NCc3ccc(S(C)(=O)=O)cc3)c(=O)[nH]c2C1. The number of sulfone groups is 1. The number of hydrogen-bond donors (Lipinski definition) is 2. The van der Waals surface area contributed by atoms with Crippen LogP contribution in [0.15, 0.2) is 40.0 Å². The second-order valence-electron chi connectivity index (χ2n) is 7.94. The van der Waals surface area contributed by atoms with Gasteiger partial charge in [0.25, 0.3) is 11.5 Å². The van der Waals surface area contributed by atoms with Crippen molar-refractivity contribution in [2.75, 3.05) is 6.26 Å². The summed E-state index contributed by atoms with van der Waals surface area (Å²) in [6.07, 6.45) is 2.05. The highest BCUT2D eigenvalue weighted by Gasteiger charge is 2.32. The van der Waals surface area contributed by atoms with Gasteiger partial charge in [0.15, 0.2) is 15.6 Å². The van der Waals surface area contributed by atoms with E-state index in [1.165, 1.54) is 18.2 Å². The van der Waals surface area contributed by atoms with Gasteiger partial charge in [-0.05, 0) is 35.6 Å². The number of pyridine rings is 1. The topological polar surface area (TPSA) is 113 Å². The number of carbonyl (C=O) groups is 2. The summed E-state index contributed by atoms with van der Waals surface area (Å²) in [6, 6.07) is 7.48. The Kier molecular flexibility index (Phi) is 5.01. The highest BCUT2D eigenvalue weighted by atomic mass is 32.2. The van der Waals surface area contributed by atoms with Crippen LogP contribution < -0.4 is 10.9 Å². The Labute approximate surface area is 163 Å². The van der Waals surface area contributed by atoms with E-state index in [9.17, 15) is 22.8 Å². The fraction of sp³-hybridized carbons (Fsp3) is 0.350. The molecule has 0 saturated carbocycles. The number of carbonyl (C=O) groups excluding carboxylic acids is 2. The first-order valence-electron chi connectivity index (χ1n) is 8.83. The number of aromatic nitrogens is 1. The lowest BCUT2D eigenvalue weighted by Gasteiger charge is -2.29. The molecule has 3 rings (SSSR count). The Bertz CT molecular complexity index is 1110. The Morgan fingerprint density at radius 2 is 1.79 bits per heavy atom. The van der Waals surface area contributed by atoms with Gasteiger partial charge in [-0.25, -0.2) is 8.42 Å². The second-order valence-corrected chi connectivity index (χ2v) is 9.96. The Morgan fingerprint density at radius 3 is 2.39 bits per heavy atom. The van der Waals surface area contributed by atoms with Crippen LogP contribution in [0.2, 0.25) is 0 Å². The second kappa shape index (κ2) is 7.01. The van der Waals surface area contributed by atoms with Gasteiger partial charge in [-0.3, -0.25) is 14.4 Å². The first kappa shape index (κ1) is 20.0. The van der Waals surface area contributed by atoms with Gasteiger partial charge in [-0.1, -0.05) is 26.0 Å². The quantitative estimate of drug-likeness (QED) is 0.810. The highest BCUT2D eigenvalue weighted by Crippen LogP contribution is 2.33. The number of benzene rings is 1. The molecule has 148 valence electrons. The molecule has 1 aliphatic carbocycles. The largest absolute Gasteiger partial charge is 0.348 e. The molecule has 1 heterocycles. The van der Waals surface area contributed by atoms with Gasteiger partial charge >= 0.3 is 0 Å². The molecule has 1 aromatic carbocycles. The van der Waals surface area contributed by atoms with Crippen LogP contribution in [0.5, 0.6) is 0 Å². The Hall–Kier alpha value is -2.74. The number of nitrogens with one attached hydrogen (secondary N) is 2. The first-order valence-corrected chi connectivity index (χ1v) is 10.7. The molecule has 1 aliphatic rings. The van der Waals surface area contributed by atoms with Crippen molar-refractivity contribution in [2.24, 2.45) is 5.41 Å². The van der Waals surface area contributed by atoms with Crippen LogP contribution in [0.4, 0.5) is 0 Å². The van der Waals surface area contributed by atoms with Crippen LogP contribution in [0, 0.1) is 5.41 Å². The van der Waals surface area contributed by atoms with Crippen molar-refractivity contribution >= 4 is 21.5 Å². The number of ketones is 1. The lowest BCUT2D eigenvalue weighted by molar-refractivity contribution is 0.0910. The van der Waals surface area contributed by atoms with E-state index in [0.29, 0.717) is 29.7 Å². The van der Waals surface area contributed by atoms with Crippen LogP contribution in [0.3, 0.4) is 0 Å². The molecule has 0 aliphatic heterocycles. The van der Waals surface area contributed by atoms with Gasteiger partial charge < -0.3 is 10.3 Å². The molecule has 2 aromatic rings. The smallest absolute Gasteiger partial charge is 0.261 e. The van der Waals surface area contributed by atoms with Crippen molar-refractivity contribution in [1.29, 1.82) is 0 Å². The van der Waals surface area contributed by atoms with E-state index in [-0.39, 0.29) is 28.2 Å². The minimum Gasteiger partial charge on any atom is -0.348 e. The minimum atomic E-state index is -3.29. The van der Waals surface area contributed by atoms with Gasteiger partial charge in [0.05, 0.1) is 4.90 Å². The van der Waals surface area contributed by atoms with Crippen LogP contribution in [0.25, 0.3) is 0 Å². The molecular weight excluding hydrogens is 380 g/mol. The zero-order chi connectivity index (χ0) is 20.7. The average molecular weight is 402 g/mol. The van der Waals surface area contributed by atoms with Gasteiger partial charge in [-0.2, -0.15) is 0 Å². The fourth-order valence-electron chi connectivity index (χ4n) is 3.33. The summed E-state index contributed by atoms with van der Waals surface area (Å²) in [7, 11) is -3.29. The molecule has 8 heteroatoms. The van der Waals surface area contributed by atoms with E-state index >= 15 is 0 Å². The summed E-state index contributed by atoms with van der Waals surface area (Å²) in [5.74, 6) is -0.679. The molecule has 0 unspecified atom stereocenters. The van der Waals surface area contributed by atoms with E-state index < -0.39 is 21.3 Å². The molecule has 0 bridgehead atoms. The van der Waals surface area contributed by atoms with Gasteiger partial charge in [0, 0.05) is 30.5 Å². The van der Waals surface area contributed by atoms with Crippen molar-refractivity contribution < 1.29 is 18.0 Å². The van der Waals surface area contributed by atoms with E-state index in [4.69, 9.17) is 0 Å². The number of H-pyrrole nitrogens is 1. The summed E-state index contributed by atoms with van der Waals surface area (Å²) in [5, 5.41) is 2.63. The first-order chi connectivity index (χ1) is 13.0. The molecular formula is C20H22N2O5S. The number of Topliss-reactive ketones (excluding diaryl/α,β-unsaturated/α-hetero) is 1. The molecule has 2 N–H and O–H groups in total. The Morgan fingerprint density at radius 1 is 1.14 bits per heavy atom. The third-order valence-corrected chi connectivity index (χ3v) is 5.90. The number of aromatic amines is 1. The van der Waals surface area contributed by atoms with E-state index in [0.717, 1.165) is 6.26 Å². The normalized spacial score (nSPS) is 15.8. The third kappa shape index (κ3) is 4.22. The van der Waals surface area contributed by atoms with E-state index in [1.54, 1.807) is 12.1 Å². The van der Waals surface area contributed by atoms with E-state index in [2.05, 4.69) is 10.3 Å². The molecule has 0 saturated heterocycles. The van der Waals surface area contributed by atoms with Gasteiger partial charge in [0.1, 0.15) is 5.56 Å². The van der Waals surface area contributed by atoms with Crippen molar-refractivity contribution in [3.63, 3.8) is 0 Å². The fourth-order valence-corrected chi connectivity index (χ4v) is 3.96. The average Bonchev–Trinajstić information content (AvgIpc) is 2.57. The van der Waals surface area contributed by atoms with Gasteiger partial charge in [-0.15, -0.1) is 0 Å². The summed E-state index contributed by atoms with van der Waals surface area (Å²) in [5.41, 5.74) is 0.775. The lowest BCUT2D eigenvalue weighted by Crippen LogP contribution is -2.34. The summed E-state index contributed by atoms with van der Waals surface area (Å²) >= 11 is 0. The molecule has 28 heavy (non-hydrogen) atoms. The number of hydrogen-bond acceptors (Lipinski definition) is 5. The standard InChI is InChI=1S/C20H22N2O5S/c1-20(2)9-16-14(17(23)10-20)8-15(19(25)22-16)18(24)21-11-12-4-6-13(7-5-12)28(3,26)27/h4-8H,9-11H2,1-3H3,(H,21,24)(H,22,25). The minimum absolute atomic E-state index is 0.0899. The summed E-state index contributed by atoms with van der Waals surface area (Å²) in [6.45, 7) is 4.05. The number of amides is 1. The molecule has 0 spiro atoms. The number of rotatable bonds is 4. The molecule has 7 nitrogen and oxygen atoms in total. The zero-order valence-electron chi connectivity index (χ0n) is 16.0. The Balaban J connectivity index is 1.78. The van der Waals surface area contributed by atoms with Crippen molar-refractivity contribution in [2.45, 2.75) is 38.1 Å². The maximum atomic E-state index is 12.4. The molecule has 0 radical (unpaired) electrons. The monoisotopic (exact) mass is 402 g/mol. The summed E-state index contributed by atoms with van der Waals surface area (Å²) in [4.78, 5) is 40.0. The third-order valence-electron chi connectivity index (χ3n) is 4.77. The highest BCUT2D eigenvalue weighted by molar-refractivity contribution is 7.90. The predicted octanol–water partition coefficient (Wildman–Crippen LogP) is 1.86. The predicted molar refractivity (Wildman–Crippen MR) is 104 cm³/mol. The van der Waals surface area contributed by atoms with E-state index in [1.807, 2.05) is 13.8 Å². The maximum absolute atomic E-state index is 12.4. The van der Waals surface area contributed by atoms with Crippen molar-refractivity contribution in [1.82, 2.24) is 10.3 Å². The molecule has 0 fully saturated rings. The van der Waals surface area contributed by atoms with Crippen LogP contribution >= 0.6 is 0 Å². The zero-order valence-corrected chi connectivity index (χ0v) is 16.8. The van der Waals surface area contributed by atoms with Crippen molar-refractivity contribution in [3.8, 4) is 0 Å². The van der Waals surface area contributed by atoms with Crippen LogP contribution in [-0.2, 0) is 22.8 Å². The van der Waals surface area contributed by atoms with Crippen LogP contribution in [-0.4, -0.2) is 31.3 Å². The summed E-state index contributed by atoms with van der Waals surface area (Å²) < 4.78 is 23.0. The van der Waals surface area contributed by atoms with Gasteiger partial charge in [0.2, 0.25) is 0 Å². The lowest BCUT2D eigenvalue weighted by atomic mass is 9.75.